The zero-order valence-electron chi connectivity index (χ0n) is 18.4. The number of carboxylic acid groups (broad SMARTS) is 1. The lowest BCUT2D eigenvalue weighted by Gasteiger charge is -2.30. The van der Waals surface area contributed by atoms with E-state index in [0.29, 0.717) is 5.56 Å². The van der Waals surface area contributed by atoms with Gasteiger partial charge < -0.3 is 19.9 Å². The van der Waals surface area contributed by atoms with Gasteiger partial charge in [-0.25, -0.2) is 9.28 Å². The molecule has 0 aliphatic heterocycles. The summed E-state index contributed by atoms with van der Waals surface area (Å²) in [7, 11) is 3.00. The second-order valence-corrected chi connectivity index (χ2v) is 7.54. The van der Waals surface area contributed by atoms with Crippen LogP contribution in [0.3, 0.4) is 0 Å². The van der Waals surface area contributed by atoms with Crippen molar-refractivity contribution in [2.45, 2.75) is 32.3 Å². The highest BCUT2D eigenvalue weighted by Crippen LogP contribution is 2.21. The lowest BCUT2D eigenvalue weighted by molar-refractivity contribution is -0.812. The first-order valence-electron chi connectivity index (χ1n) is 9.78. The fourth-order valence-corrected chi connectivity index (χ4v) is 2.98. The molecule has 2 unspecified atom stereocenters. The van der Waals surface area contributed by atoms with E-state index in [0.717, 1.165) is 6.92 Å². The van der Waals surface area contributed by atoms with E-state index in [9.17, 15) is 29.3 Å². The third kappa shape index (κ3) is 8.30. The quantitative estimate of drug-likeness (QED) is 0.218. The summed E-state index contributed by atoms with van der Waals surface area (Å²) in [6.07, 6.45) is -1.50. The van der Waals surface area contributed by atoms with Crippen LogP contribution in [0.4, 0.5) is 10.5 Å². The van der Waals surface area contributed by atoms with Crippen LogP contribution in [0, 0.1) is 10.1 Å². The number of carbonyl (C=O) groups excluding carboxylic acids is 3. The summed E-state index contributed by atoms with van der Waals surface area (Å²) < 4.78 is 9.68. The van der Waals surface area contributed by atoms with Crippen molar-refractivity contribution < 1.29 is 43.2 Å². The summed E-state index contributed by atoms with van der Waals surface area (Å²) >= 11 is 0. The van der Waals surface area contributed by atoms with E-state index in [4.69, 9.17) is 14.6 Å². The Balaban J connectivity index is 2.95. The van der Waals surface area contributed by atoms with Gasteiger partial charge in [-0.1, -0.05) is 12.1 Å². The largest absolute Gasteiger partial charge is 0.481 e. The number of benzene rings is 1. The molecule has 0 aliphatic rings. The molecular formula is C20H28N3O9+. The van der Waals surface area contributed by atoms with Crippen molar-refractivity contribution in [3.63, 3.8) is 0 Å². The number of likely N-dealkylation sites (N-methyl/N-ethyl adjacent to an activating group) is 1. The van der Waals surface area contributed by atoms with Crippen LogP contribution in [-0.4, -0.2) is 78.3 Å². The fraction of sp³-hybridized carbons (Fsp3) is 0.500. The average Bonchev–Trinajstić information content (AvgIpc) is 2.67. The van der Waals surface area contributed by atoms with Crippen LogP contribution in [0.25, 0.3) is 0 Å². The van der Waals surface area contributed by atoms with Crippen LogP contribution in [0.2, 0.25) is 0 Å². The minimum Gasteiger partial charge on any atom is -0.481 e. The second-order valence-electron chi connectivity index (χ2n) is 7.54. The van der Waals surface area contributed by atoms with E-state index in [1.807, 2.05) is 0 Å². The van der Waals surface area contributed by atoms with Gasteiger partial charge in [-0.2, -0.15) is 0 Å². The van der Waals surface area contributed by atoms with Crippen molar-refractivity contribution in [2.75, 3.05) is 33.8 Å². The Hall–Kier alpha value is -3.54. The van der Waals surface area contributed by atoms with Gasteiger partial charge in [-0.05, 0) is 12.5 Å². The molecule has 12 heteroatoms. The molecule has 0 radical (unpaired) electrons. The molecule has 0 fully saturated rings. The summed E-state index contributed by atoms with van der Waals surface area (Å²) in [4.78, 5) is 57.7. The molecule has 0 aromatic heterocycles. The van der Waals surface area contributed by atoms with E-state index in [2.05, 4.69) is 5.32 Å². The molecule has 2 atom stereocenters. The van der Waals surface area contributed by atoms with E-state index in [-0.39, 0.29) is 29.9 Å². The first-order chi connectivity index (χ1) is 14.9. The normalized spacial score (nSPS) is 12.9. The topological polar surface area (TPSA) is 162 Å². The molecule has 1 rings (SSSR count). The first-order valence-corrected chi connectivity index (χ1v) is 9.78. The minimum atomic E-state index is -1.18. The molecule has 12 nitrogen and oxygen atoms in total. The van der Waals surface area contributed by atoms with Gasteiger partial charge in [0, 0.05) is 25.6 Å². The maximum atomic E-state index is 12.8. The Labute approximate surface area is 184 Å². The van der Waals surface area contributed by atoms with Gasteiger partial charge in [0.1, 0.15) is 6.54 Å². The number of carbonyl (C=O) groups is 4. The fourth-order valence-electron chi connectivity index (χ4n) is 2.98. The van der Waals surface area contributed by atoms with Crippen LogP contribution in [0.5, 0.6) is 0 Å². The lowest BCUT2D eigenvalue weighted by Crippen LogP contribution is -2.56. The van der Waals surface area contributed by atoms with Crippen LogP contribution in [0.15, 0.2) is 24.3 Å². The van der Waals surface area contributed by atoms with E-state index in [1.165, 1.54) is 38.4 Å². The lowest BCUT2D eigenvalue weighted by atomic mass is 9.99. The van der Waals surface area contributed by atoms with Gasteiger partial charge in [-0.3, -0.25) is 24.5 Å². The molecule has 0 saturated carbocycles. The molecule has 1 aromatic rings. The highest BCUT2D eigenvalue weighted by molar-refractivity contribution is 5.79. The summed E-state index contributed by atoms with van der Waals surface area (Å²) in [5, 5.41) is 22.5. The SMILES string of the molecule is CCOC(=O)C(CNC(=O)[N+](C)(C)CC(CC(=O)O)OC(C)=O)c1ccc([N+](=O)[O-])cc1. The number of nitro benzene ring substituents is 1. The maximum absolute atomic E-state index is 12.8. The summed E-state index contributed by atoms with van der Waals surface area (Å²) in [5.41, 5.74) is 0.275. The van der Waals surface area contributed by atoms with Crippen molar-refractivity contribution in [1.29, 1.82) is 0 Å². The van der Waals surface area contributed by atoms with Crippen LogP contribution in [-0.2, 0) is 23.9 Å². The number of urea groups is 1. The summed E-state index contributed by atoms with van der Waals surface area (Å²) in [6.45, 7) is 2.61. The molecule has 0 spiro atoms. The molecule has 0 heterocycles. The average molecular weight is 454 g/mol. The zero-order chi connectivity index (χ0) is 24.5. The summed E-state index contributed by atoms with van der Waals surface area (Å²) in [5.74, 6) is -3.38. The molecule has 2 amide bonds. The number of carboxylic acids is 1. The highest BCUT2D eigenvalue weighted by Gasteiger charge is 2.34. The number of rotatable bonds is 11. The molecule has 32 heavy (non-hydrogen) atoms. The van der Waals surface area contributed by atoms with Crippen molar-refractivity contribution in [3.05, 3.63) is 39.9 Å². The summed E-state index contributed by atoms with van der Waals surface area (Å²) in [6, 6.07) is 4.77. The van der Waals surface area contributed by atoms with Gasteiger partial charge in [0.05, 0.1) is 38.0 Å². The van der Waals surface area contributed by atoms with Gasteiger partial charge in [-0.15, -0.1) is 0 Å². The molecule has 0 saturated heterocycles. The smallest absolute Gasteiger partial charge is 0.416 e. The van der Waals surface area contributed by atoms with Crippen LogP contribution >= 0.6 is 0 Å². The molecule has 2 N–H and O–H groups in total. The molecule has 1 aromatic carbocycles. The number of amides is 2. The standard InChI is InChI=1S/C20H27N3O9/c1-5-31-19(27)17(14-6-8-15(9-7-14)22(29)30)11-21-20(28)23(3,4)12-16(10-18(25)26)32-13(2)24/h6-9,16-17H,5,10-12H2,1-4H3,(H-,21,25,26,28)/p+1. The number of nitro groups is 1. The third-order valence-electron chi connectivity index (χ3n) is 4.48. The molecular weight excluding hydrogens is 426 g/mol. The van der Waals surface area contributed by atoms with Crippen molar-refractivity contribution in [3.8, 4) is 0 Å². The molecule has 0 aliphatic carbocycles. The number of hydrogen-bond donors (Lipinski definition) is 2. The monoisotopic (exact) mass is 454 g/mol. The number of esters is 2. The van der Waals surface area contributed by atoms with Crippen LogP contribution < -0.4 is 5.32 Å². The van der Waals surface area contributed by atoms with Gasteiger partial charge in [0.15, 0.2) is 6.10 Å². The number of aliphatic carboxylic acids is 1. The minimum absolute atomic E-state index is 0.108. The van der Waals surface area contributed by atoms with Gasteiger partial charge >= 0.3 is 23.9 Å². The Bertz CT molecular complexity index is 836. The first kappa shape index (κ1) is 26.5. The maximum Gasteiger partial charge on any atom is 0.416 e. The highest BCUT2D eigenvalue weighted by atomic mass is 16.6. The Morgan fingerprint density at radius 1 is 1.19 bits per heavy atom. The molecule has 176 valence electrons. The van der Waals surface area contributed by atoms with E-state index < -0.39 is 47.3 Å². The Morgan fingerprint density at radius 2 is 1.78 bits per heavy atom. The third-order valence-corrected chi connectivity index (χ3v) is 4.48. The number of nitrogens with zero attached hydrogens (tertiary/aromatic N) is 2. The second kappa shape index (κ2) is 11.7. The predicted octanol–water partition coefficient (Wildman–Crippen LogP) is 1.43. The number of nitrogens with one attached hydrogen (secondary N) is 1. The number of hydrogen-bond acceptors (Lipinski definition) is 8. The number of non-ortho nitro benzene ring substituents is 1. The predicted molar refractivity (Wildman–Crippen MR) is 111 cm³/mol. The zero-order valence-corrected chi connectivity index (χ0v) is 18.4. The number of quaternary nitrogens is 1. The van der Waals surface area contributed by atoms with Gasteiger partial charge in [0.2, 0.25) is 0 Å². The Morgan fingerprint density at radius 3 is 2.25 bits per heavy atom. The Kier molecular flexibility index (Phi) is 9.72. The van der Waals surface area contributed by atoms with Gasteiger partial charge in [0.25, 0.3) is 5.69 Å². The van der Waals surface area contributed by atoms with E-state index >= 15 is 0 Å². The van der Waals surface area contributed by atoms with Crippen molar-refractivity contribution >= 4 is 29.6 Å². The van der Waals surface area contributed by atoms with E-state index in [1.54, 1.807) is 6.92 Å². The van der Waals surface area contributed by atoms with Crippen LogP contribution in [0.1, 0.15) is 31.7 Å². The van der Waals surface area contributed by atoms with Crippen molar-refractivity contribution in [2.24, 2.45) is 0 Å². The number of ether oxygens (including phenoxy) is 2. The van der Waals surface area contributed by atoms with Crippen molar-refractivity contribution in [1.82, 2.24) is 5.32 Å². The molecule has 0 bridgehead atoms.